The third-order valence-corrected chi connectivity index (χ3v) is 3.27. The normalized spacial score (nSPS) is 10.6. The lowest BCUT2D eigenvalue weighted by atomic mass is 10.1. The van der Waals surface area contributed by atoms with E-state index in [9.17, 15) is 19.3 Å². The number of benzene rings is 2. The van der Waals surface area contributed by atoms with E-state index in [1.807, 2.05) is 30.3 Å². The van der Waals surface area contributed by atoms with Crippen molar-refractivity contribution >= 4 is 17.9 Å². The van der Waals surface area contributed by atoms with Crippen LogP contribution in [0.4, 0.5) is 14.9 Å². The van der Waals surface area contributed by atoms with Crippen LogP contribution in [-0.4, -0.2) is 17.6 Å². The van der Waals surface area contributed by atoms with Crippen molar-refractivity contribution in [1.82, 2.24) is 5.32 Å². The molecule has 0 saturated carbocycles. The van der Waals surface area contributed by atoms with Crippen LogP contribution in [0.3, 0.4) is 0 Å². The van der Waals surface area contributed by atoms with Gasteiger partial charge >= 0.3 is 11.8 Å². The highest BCUT2D eigenvalue weighted by Gasteiger charge is 2.13. The molecule has 0 aliphatic heterocycles. The maximum atomic E-state index is 13.2. The molecule has 2 aromatic rings. The smallest absolute Gasteiger partial charge is 0.407 e. The summed E-state index contributed by atoms with van der Waals surface area (Å²) in [7, 11) is 0. The van der Waals surface area contributed by atoms with Crippen LogP contribution in [-0.2, 0) is 11.3 Å². The third-order valence-electron chi connectivity index (χ3n) is 3.27. The van der Waals surface area contributed by atoms with Crippen molar-refractivity contribution < 1.29 is 18.8 Å². The number of halogens is 1. The Kier molecular flexibility index (Phi) is 6.65. The van der Waals surface area contributed by atoms with Gasteiger partial charge in [-0.15, -0.1) is 0 Å². The van der Waals surface area contributed by atoms with Crippen molar-refractivity contribution in [3.63, 3.8) is 0 Å². The number of nitrogens with zero attached hydrogens (tertiary/aromatic N) is 1. The molecular weight excluding hydrogens is 327 g/mol. The Hall–Kier alpha value is -3.22. The van der Waals surface area contributed by atoms with E-state index in [1.165, 1.54) is 6.07 Å². The number of nitrogens with one attached hydrogen (secondary N) is 1. The van der Waals surface area contributed by atoms with E-state index in [0.29, 0.717) is 18.5 Å². The average molecular weight is 344 g/mol. The van der Waals surface area contributed by atoms with Crippen molar-refractivity contribution in [3.8, 4) is 0 Å². The minimum absolute atomic E-state index is 0.196. The molecule has 0 atom stereocenters. The number of alkyl carbamates (subject to hydrolysis) is 1. The predicted octanol–water partition coefficient (Wildman–Crippen LogP) is 4.06. The van der Waals surface area contributed by atoms with E-state index in [2.05, 4.69) is 5.32 Å². The molecule has 130 valence electrons. The first-order valence-corrected chi connectivity index (χ1v) is 7.61. The van der Waals surface area contributed by atoms with Crippen LogP contribution in [0.1, 0.15) is 17.5 Å². The monoisotopic (exact) mass is 344 g/mol. The molecule has 2 aromatic carbocycles. The molecular formula is C18H17FN2O4. The van der Waals surface area contributed by atoms with Gasteiger partial charge in [0.25, 0.3) is 0 Å². The van der Waals surface area contributed by atoms with Gasteiger partial charge in [-0.2, -0.15) is 4.39 Å². The zero-order valence-electron chi connectivity index (χ0n) is 13.4. The molecule has 0 fully saturated rings. The van der Waals surface area contributed by atoms with Crippen molar-refractivity contribution in [1.29, 1.82) is 0 Å². The first-order chi connectivity index (χ1) is 12.1. The molecule has 7 heteroatoms. The predicted molar refractivity (Wildman–Crippen MR) is 91.3 cm³/mol. The van der Waals surface area contributed by atoms with Crippen molar-refractivity contribution in [2.24, 2.45) is 0 Å². The van der Waals surface area contributed by atoms with Crippen molar-refractivity contribution in [2.75, 3.05) is 6.54 Å². The number of carbonyl (C=O) groups excluding carboxylic acids is 1. The molecule has 0 spiro atoms. The number of amides is 1. The Balaban J connectivity index is 1.72. The minimum Gasteiger partial charge on any atom is -0.445 e. The first-order valence-electron chi connectivity index (χ1n) is 7.61. The van der Waals surface area contributed by atoms with Crippen molar-refractivity contribution in [3.05, 3.63) is 81.7 Å². The molecule has 0 aromatic heterocycles. The van der Waals surface area contributed by atoms with E-state index in [1.54, 1.807) is 12.2 Å². The molecule has 6 nitrogen and oxygen atoms in total. The molecule has 0 heterocycles. The lowest BCUT2D eigenvalue weighted by Crippen LogP contribution is -2.24. The summed E-state index contributed by atoms with van der Waals surface area (Å²) in [5.41, 5.74) is 0.847. The van der Waals surface area contributed by atoms with Crippen LogP contribution in [0.25, 0.3) is 6.08 Å². The Morgan fingerprint density at radius 1 is 1.24 bits per heavy atom. The number of rotatable bonds is 7. The maximum Gasteiger partial charge on any atom is 0.407 e. The van der Waals surface area contributed by atoms with Crippen molar-refractivity contribution in [2.45, 2.75) is 13.0 Å². The van der Waals surface area contributed by atoms with Gasteiger partial charge in [0.05, 0.1) is 4.92 Å². The van der Waals surface area contributed by atoms with E-state index >= 15 is 0 Å². The standard InChI is InChI=1S/C18H17FN2O4/c19-16-10-9-14(12-17(16)21(23)24)6-4-5-11-20-18(22)25-13-15-7-2-1-3-8-15/h1-4,6-10,12H,5,11,13H2,(H,20,22). The highest BCUT2D eigenvalue weighted by atomic mass is 19.1. The SMILES string of the molecule is O=C(NCCC=Cc1ccc(F)c([N+](=O)[O-])c1)OCc1ccccc1. The van der Waals surface area contributed by atoms with Gasteiger partial charge in [0.15, 0.2) is 0 Å². The second kappa shape index (κ2) is 9.17. The lowest BCUT2D eigenvalue weighted by molar-refractivity contribution is -0.387. The molecule has 2 rings (SSSR count). The molecule has 0 saturated heterocycles. The first kappa shape index (κ1) is 18.1. The van der Waals surface area contributed by atoms with Gasteiger partial charge < -0.3 is 10.1 Å². The van der Waals surface area contributed by atoms with Gasteiger partial charge in [-0.3, -0.25) is 10.1 Å². The van der Waals surface area contributed by atoms with Crippen LogP contribution < -0.4 is 5.32 Å². The topological polar surface area (TPSA) is 81.5 Å². The number of carbonyl (C=O) groups is 1. The van der Waals surface area contributed by atoms with Gasteiger partial charge in [-0.25, -0.2) is 4.79 Å². The Labute approximate surface area is 144 Å². The largest absolute Gasteiger partial charge is 0.445 e. The Morgan fingerprint density at radius 3 is 2.72 bits per heavy atom. The van der Waals surface area contributed by atoms with Crippen LogP contribution >= 0.6 is 0 Å². The number of hydrogen-bond donors (Lipinski definition) is 1. The zero-order valence-corrected chi connectivity index (χ0v) is 13.4. The fourth-order valence-electron chi connectivity index (χ4n) is 2.02. The van der Waals surface area contributed by atoms with Crippen LogP contribution in [0.5, 0.6) is 0 Å². The number of ether oxygens (including phenoxy) is 1. The molecule has 0 bridgehead atoms. The molecule has 1 N–H and O–H groups in total. The van der Waals surface area contributed by atoms with E-state index in [-0.39, 0.29) is 6.61 Å². The van der Waals surface area contributed by atoms with E-state index in [4.69, 9.17) is 4.74 Å². The van der Waals surface area contributed by atoms with Crippen LogP contribution in [0.2, 0.25) is 0 Å². The van der Waals surface area contributed by atoms with E-state index < -0.39 is 22.5 Å². The minimum atomic E-state index is -0.870. The Morgan fingerprint density at radius 2 is 2.00 bits per heavy atom. The Bertz CT molecular complexity index is 763. The van der Waals surface area contributed by atoms with Gasteiger partial charge in [0.1, 0.15) is 6.61 Å². The molecule has 0 aliphatic carbocycles. The highest BCUT2D eigenvalue weighted by Crippen LogP contribution is 2.19. The summed E-state index contributed by atoms with van der Waals surface area (Å²) in [6.45, 7) is 0.551. The van der Waals surface area contributed by atoms with Gasteiger partial charge in [0, 0.05) is 12.6 Å². The summed E-state index contributed by atoms with van der Waals surface area (Å²) < 4.78 is 18.3. The summed E-state index contributed by atoms with van der Waals surface area (Å²) in [5.74, 6) is -0.870. The van der Waals surface area contributed by atoms with Gasteiger partial charge in [-0.1, -0.05) is 48.6 Å². The molecule has 0 aliphatic rings. The summed E-state index contributed by atoms with van der Waals surface area (Å²) in [6, 6.07) is 13.0. The highest BCUT2D eigenvalue weighted by molar-refractivity contribution is 5.67. The zero-order chi connectivity index (χ0) is 18.1. The lowest BCUT2D eigenvalue weighted by Gasteiger charge is -2.05. The second-order valence-corrected chi connectivity index (χ2v) is 5.15. The third kappa shape index (κ3) is 6.06. The number of nitro benzene ring substituents is 1. The summed E-state index contributed by atoms with van der Waals surface area (Å²) in [4.78, 5) is 21.4. The quantitative estimate of drug-likeness (QED) is 0.466. The molecule has 25 heavy (non-hydrogen) atoms. The summed E-state index contributed by atoms with van der Waals surface area (Å²) in [5, 5.41) is 13.3. The number of nitro groups is 1. The summed E-state index contributed by atoms with van der Waals surface area (Å²) >= 11 is 0. The van der Waals surface area contributed by atoms with Crippen LogP contribution in [0, 0.1) is 15.9 Å². The average Bonchev–Trinajstić information content (AvgIpc) is 2.61. The number of hydrogen-bond acceptors (Lipinski definition) is 4. The van der Waals surface area contributed by atoms with E-state index in [0.717, 1.165) is 17.7 Å². The summed E-state index contributed by atoms with van der Waals surface area (Å²) in [6.07, 6.45) is 3.35. The second-order valence-electron chi connectivity index (χ2n) is 5.15. The fourth-order valence-corrected chi connectivity index (χ4v) is 2.02. The molecule has 0 unspecified atom stereocenters. The fraction of sp³-hybridized carbons (Fsp3) is 0.167. The molecule has 1 amide bonds. The van der Waals surface area contributed by atoms with Crippen LogP contribution in [0.15, 0.2) is 54.6 Å². The maximum absolute atomic E-state index is 13.2. The van der Waals surface area contributed by atoms with Gasteiger partial charge in [-0.05, 0) is 23.6 Å². The molecule has 0 radical (unpaired) electrons. The van der Waals surface area contributed by atoms with Gasteiger partial charge in [0.2, 0.25) is 5.82 Å².